The summed E-state index contributed by atoms with van der Waals surface area (Å²) in [6.07, 6.45) is 2.55. The van der Waals surface area contributed by atoms with Crippen LogP contribution in [0.15, 0.2) is 32.9 Å². The van der Waals surface area contributed by atoms with Crippen LogP contribution in [0.2, 0.25) is 0 Å². The molecule has 0 radical (unpaired) electrons. The van der Waals surface area contributed by atoms with E-state index in [1.807, 2.05) is 26.1 Å². The zero-order chi connectivity index (χ0) is 12.4. The quantitative estimate of drug-likeness (QED) is 0.818. The molecule has 17 heavy (non-hydrogen) atoms. The minimum Gasteiger partial charge on any atom is -0.298 e. The Kier molecular flexibility index (Phi) is 3.63. The van der Waals surface area contributed by atoms with Gasteiger partial charge in [-0.2, -0.15) is 5.10 Å². The van der Waals surface area contributed by atoms with Crippen LogP contribution in [0.3, 0.4) is 0 Å². The van der Waals surface area contributed by atoms with Crippen molar-refractivity contribution in [2.45, 2.75) is 17.0 Å². The summed E-state index contributed by atoms with van der Waals surface area (Å²) in [5.41, 5.74) is 1.35. The Bertz CT molecular complexity index is 568. The molecule has 0 aliphatic rings. The third-order valence-corrected chi connectivity index (χ3v) is 4.35. The fourth-order valence-electron chi connectivity index (χ4n) is 1.45. The van der Waals surface area contributed by atoms with Crippen LogP contribution in [0.1, 0.15) is 16.1 Å². The molecule has 2 rings (SSSR count). The van der Waals surface area contributed by atoms with E-state index in [-0.39, 0.29) is 0 Å². The van der Waals surface area contributed by atoms with E-state index in [0.29, 0.717) is 5.56 Å². The van der Waals surface area contributed by atoms with Gasteiger partial charge in [-0.05, 0) is 46.7 Å². The number of carbonyl (C=O) groups is 1. The van der Waals surface area contributed by atoms with Gasteiger partial charge in [0.25, 0.3) is 0 Å². The Morgan fingerprint density at radius 3 is 2.94 bits per heavy atom. The molecule has 2 aromatic rings. The summed E-state index contributed by atoms with van der Waals surface area (Å²) in [7, 11) is 1.82. The van der Waals surface area contributed by atoms with E-state index in [4.69, 9.17) is 0 Å². The first-order valence-corrected chi connectivity index (χ1v) is 6.51. The van der Waals surface area contributed by atoms with Gasteiger partial charge in [0.2, 0.25) is 0 Å². The largest absolute Gasteiger partial charge is 0.298 e. The standard InChI is InChI=1S/C11H10BrN3OS/c1-7-8(6-16)11(15(2)14-7)17-10-9(12)4-3-5-13-10/h3-6H,1-2H3. The van der Waals surface area contributed by atoms with E-state index in [1.54, 1.807) is 10.9 Å². The molecule has 2 aromatic heterocycles. The van der Waals surface area contributed by atoms with Crippen LogP contribution >= 0.6 is 27.7 Å². The number of aldehydes is 1. The van der Waals surface area contributed by atoms with E-state index in [1.165, 1.54) is 11.8 Å². The number of aromatic nitrogens is 3. The van der Waals surface area contributed by atoms with Gasteiger partial charge in [-0.3, -0.25) is 9.48 Å². The Balaban J connectivity index is 2.43. The average molecular weight is 312 g/mol. The predicted molar refractivity (Wildman–Crippen MR) is 69.4 cm³/mol. The van der Waals surface area contributed by atoms with Crippen LogP contribution in [0.4, 0.5) is 0 Å². The molecule has 0 amide bonds. The maximum Gasteiger partial charge on any atom is 0.154 e. The van der Waals surface area contributed by atoms with Gasteiger partial charge in [0.05, 0.1) is 15.7 Å². The second-order valence-electron chi connectivity index (χ2n) is 3.44. The lowest BCUT2D eigenvalue weighted by molar-refractivity contribution is 0.112. The minimum atomic E-state index is 0.620. The van der Waals surface area contributed by atoms with Crippen LogP contribution < -0.4 is 0 Å². The number of aryl methyl sites for hydroxylation is 2. The fourth-order valence-corrected chi connectivity index (χ4v) is 2.89. The Morgan fingerprint density at radius 2 is 2.29 bits per heavy atom. The lowest BCUT2D eigenvalue weighted by Gasteiger charge is -2.03. The van der Waals surface area contributed by atoms with E-state index in [9.17, 15) is 4.79 Å². The summed E-state index contributed by atoms with van der Waals surface area (Å²) >= 11 is 4.85. The summed E-state index contributed by atoms with van der Waals surface area (Å²) in [4.78, 5) is 15.3. The molecule has 0 N–H and O–H groups in total. The highest BCUT2D eigenvalue weighted by atomic mass is 79.9. The van der Waals surface area contributed by atoms with E-state index < -0.39 is 0 Å². The smallest absolute Gasteiger partial charge is 0.154 e. The molecular formula is C11H10BrN3OS. The van der Waals surface area contributed by atoms with Crippen molar-refractivity contribution in [2.75, 3.05) is 0 Å². The van der Waals surface area contributed by atoms with Crippen molar-refractivity contribution in [1.29, 1.82) is 0 Å². The van der Waals surface area contributed by atoms with Crippen LogP contribution in [-0.4, -0.2) is 21.1 Å². The number of pyridine rings is 1. The number of hydrogen-bond acceptors (Lipinski definition) is 4. The molecule has 0 fully saturated rings. The highest BCUT2D eigenvalue weighted by molar-refractivity contribution is 9.10. The summed E-state index contributed by atoms with van der Waals surface area (Å²) in [6, 6.07) is 3.77. The number of carbonyl (C=O) groups excluding carboxylic acids is 1. The van der Waals surface area contributed by atoms with Crippen molar-refractivity contribution >= 4 is 34.0 Å². The molecule has 0 unspecified atom stereocenters. The topological polar surface area (TPSA) is 47.8 Å². The molecule has 88 valence electrons. The molecule has 0 spiro atoms. The second kappa shape index (κ2) is 5.01. The van der Waals surface area contributed by atoms with Gasteiger partial charge in [0.15, 0.2) is 6.29 Å². The van der Waals surface area contributed by atoms with Gasteiger partial charge in [0.1, 0.15) is 10.1 Å². The monoisotopic (exact) mass is 311 g/mol. The van der Waals surface area contributed by atoms with E-state index in [0.717, 1.165) is 26.5 Å². The lowest BCUT2D eigenvalue weighted by atomic mass is 10.3. The van der Waals surface area contributed by atoms with Crippen LogP contribution in [0.25, 0.3) is 0 Å². The zero-order valence-electron chi connectivity index (χ0n) is 9.35. The first-order chi connectivity index (χ1) is 8.13. The molecule has 0 atom stereocenters. The Morgan fingerprint density at radius 1 is 1.53 bits per heavy atom. The summed E-state index contributed by atoms with van der Waals surface area (Å²) in [6.45, 7) is 1.82. The van der Waals surface area contributed by atoms with E-state index in [2.05, 4.69) is 26.0 Å². The fraction of sp³-hybridized carbons (Fsp3) is 0.182. The highest BCUT2D eigenvalue weighted by Crippen LogP contribution is 2.33. The van der Waals surface area contributed by atoms with Gasteiger partial charge < -0.3 is 0 Å². The molecule has 0 aliphatic heterocycles. The Hall–Kier alpha value is -1.14. The Labute approximate surface area is 112 Å². The molecule has 0 saturated heterocycles. The van der Waals surface area contributed by atoms with Crippen molar-refractivity contribution < 1.29 is 4.79 Å². The second-order valence-corrected chi connectivity index (χ2v) is 5.27. The normalized spacial score (nSPS) is 10.5. The summed E-state index contributed by atoms with van der Waals surface area (Å²) < 4.78 is 2.60. The maximum absolute atomic E-state index is 11.0. The molecule has 2 heterocycles. The molecule has 4 nitrogen and oxygen atoms in total. The number of rotatable bonds is 3. The first-order valence-electron chi connectivity index (χ1n) is 4.90. The lowest BCUT2D eigenvalue weighted by Crippen LogP contribution is -1.94. The zero-order valence-corrected chi connectivity index (χ0v) is 11.7. The molecule has 0 bridgehead atoms. The van der Waals surface area contributed by atoms with Crippen molar-refractivity contribution in [2.24, 2.45) is 7.05 Å². The van der Waals surface area contributed by atoms with E-state index >= 15 is 0 Å². The van der Waals surface area contributed by atoms with Gasteiger partial charge in [0, 0.05) is 13.2 Å². The van der Waals surface area contributed by atoms with Crippen molar-refractivity contribution in [3.63, 3.8) is 0 Å². The predicted octanol–water partition coefficient (Wildman–Crippen LogP) is 2.85. The average Bonchev–Trinajstić information content (AvgIpc) is 2.56. The van der Waals surface area contributed by atoms with Crippen LogP contribution in [0.5, 0.6) is 0 Å². The first kappa shape index (κ1) is 12.3. The third kappa shape index (κ3) is 2.42. The van der Waals surface area contributed by atoms with Gasteiger partial charge in [-0.25, -0.2) is 4.98 Å². The molecule has 0 aliphatic carbocycles. The number of halogens is 1. The minimum absolute atomic E-state index is 0.620. The van der Waals surface area contributed by atoms with Crippen LogP contribution in [0, 0.1) is 6.92 Å². The summed E-state index contributed by atoms with van der Waals surface area (Å²) in [5, 5.41) is 5.85. The van der Waals surface area contributed by atoms with Gasteiger partial charge in [-0.15, -0.1) is 0 Å². The van der Waals surface area contributed by atoms with Crippen LogP contribution in [-0.2, 0) is 7.05 Å². The third-order valence-electron chi connectivity index (χ3n) is 2.25. The highest BCUT2D eigenvalue weighted by Gasteiger charge is 2.15. The molecule has 0 saturated carbocycles. The molecule has 6 heteroatoms. The van der Waals surface area contributed by atoms with Crippen molar-refractivity contribution in [3.8, 4) is 0 Å². The molecular weight excluding hydrogens is 302 g/mol. The van der Waals surface area contributed by atoms with Crippen molar-refractivity contribution in [1.82, 2.24) is 14.8 Å². The van der Waals surface area contributed by atoms with Crippen molar-refractivity contribution in [3.05, 3.63) is 34.1 Å². The maximum atomic E-state index is 11.0. The van der Waals surface area contributed by atoms with Gasteiger partial charge >= 0.3 is 0 Å². The molecule has 0 aromatic carbocycles. The number of hydrogen-bond donors (Lipinski definition) is 0. The SMILES string of the molecule is Cc1nn(C)c(Sc2ncccc2Br)c1C=O. The summed E-state index contributed by atoms with van der Waals surface area (Å²) in [5.74, 6) is 0. The van der Waals surface area contributed by atoms with Gasteiger partial charge in [-0.1, -0.05) is 0 Å². The number of nitrogens with zero attached hydrogens (tertiary/aromatic N) is 3.